The summed E-state index contributed by atoms with van der Waals surface area (Å²) < 4.78 is 10.8. The highest BCUT2D eigenvalue weighted by molar-refractivity contribution is 5.86. The number of aromatic nitrogens is 1. The van der Waals surface area contributed by atoms with Crippen LogP contribution < -0.4 is 15.0 Å². The first-order valence-electron chi connectivity index (χ1n) is 10.2. The molecule has 0 atom stereocenters. The summed E-state index contributed by atoms with van der Waals surface area (Å²) in [7, 11) is 3.26. The smallest absolute Gasteiger partial charge is 0.253 e. The van der Waals surface area contributed by atoms with Crippen LogP contribution in [-0.4, -0.2) is 37.2 Å². The van der Waals surface area contributed by atoms with Crippen molar-refractivity contribution < 1.29 is 9.47 Å². The van der Waals surface area contributed by atoms with Crippen molar-refractivity contribution in [3.63, 3.8) is 0 Å². The molecule has 0 unspecified atom stereocenters. The lowest BCUT2D eigenvalue weighted by Crippen LogP contribution is -2.36. The number of hydrogen-bond donors (Lipinski definition) is 1. The van der Waals surface area contributed by atoms with Gasteiger partial charge in [0.25, 0.3) is 5.56 Å². The average molecular weight is 370 g/mol. The maximum Gasteiger partial charge on any atom is 0.253 e. The standard InChI is InChI=1S/C22H30N2O3/c1-26-20-12-17-16-9-11-24(10-8-15-6-4-3-5-7-15)14-18(16)22(25)23-19(17)13-21(20)27-2/h12-13,15H,3-11,14H2,1-2H3,(H,23,25). The Morgan fingerprint density at radius 3 is 2.56 bits per heavy atom. The van der Waals surface area contributed by atoms with Crippen LogP contribution in [0.2, 0.25) is 0 Å². The van der Waals surface area contributed by atoms with E-state index in [0.29, 0.717) is 11.5 Å². The van der Waals surface area contributed by atoms with E-state index in [-0.39, 0.29) is 5.56 Å². The Kier molecular flexibility index (Phi) is 5.39. The van der Waals surface area contributed by atoms with Crippen molar-refractivity contribution in [3.05, 3.63) is 33.6 Å². The molecule has 1 aliphatic carbocycles. The number of methoxy groups -OCH3 is 2. The van der Waals surface area contributed by atoms with Crippen molar-refractivity contribution in [1.82, 2.24) is 9.88 Å². The number of fused-ring (bicyclic) bond motifs is 3. The number of H-pyrrole nitrogens is 1. The van der Waals surface area contributed by atoms with Crippen molar-refractivity contribution in [1.29, 1.82) is 0 Å². The molecule has 0 radical (unpaired) electrons. The quantitative estimate of drug-likeness (QED) is 0.868. The molecule has 146 valence electrons. The van der Waals surface area contributed by atoms with Gasteiger partial charge in [-0.1, -0.05) is 32.1 Å². The molecule has 2 aromatic rings. The van der Waals surface area contributed by atoms with Crippen LogP contribution in [0.4, 0.5) is 0 Å². The molecule has 1 saturated carbocycles. The second kappa shape index (κ2) is 7.93. The van der Waals surface area contributed by atoms with Gasteiger partial charge in [-0.25, -0.2) is 0 Å². The number of ether oxygens (including phenoxy) is 2. The largest absolute Gasteiger partial charge is 0.493 e. The molecule has 1 aliphatic heterocycles. The molecular formula is C22H30N2O3. The van der Waals surface area contributed by atoms with Gasteiger partial charge in [0, 0.05) is 30.1 Å². The maximum atomic E-state index is 12.7. The average Bonchev–Trinajstić information content (AvgIpc) is 2.72. The maximum absolute atomic E-state index is 12.7. The molecular weight excluding hydrogens is 340 g/mol. The molecule has 5 nitrogen and oxygen atoms in total. The van der Waals surface area contributed by atoms with Gasteiger partial charge in [0.2, 0.25) is 0 Å². The van der Waals surface area contributed by atoms with E-state index < -0.39 is 0 Å². The number of rotatable bonds is 5. The van der Waals surface area contributed by atoms with E-state index in [4.69, 9.17) is 9.47 Å². The van der Waals surface area contributed by atoms with Crippen molar-refractivity contribution >= 4 is 10.9 Å². The van der Waals surface area contributed by atoms with Crippen LogP contribution in [0.25, 0.3) is 10.9 Å². The van der Waals surface area contributed by atoms with E-state index >= 15 is 0 Å². The summed E-state index contributed by atoms with van der Waals surface area (Å²) in [5.41, 5.74) is 2.95. The first kappa shape index (κ1) is 18.4. The van der Waals surface area contributed by atoms with Gasteiger partial charge in [0.05, 0.1) is 19.7 Å². The molecule has 2 heterocycles. The Morgan fingerprint density at radius 2 is 1.81 bits per heavy atom. The zero-order chi connectivity index (χ0) is 18.8. The summed E-state index contributed by atoms with van der Waals surface area (Å²) in [4.78, 5) is 18.2. The number of nitrogens with one attached hydrogen (secondary N) is 1. The number of benzene rings is 1. The third kappa shape index (κ3) is 3.70. The molecule has 1 aromatic heterocycles. The Balaban J connectivity index is 1.57. The summed E-state index contributed by atoms with van der Waals surface area (Å²) in [6, 6.07) is 3.87. The topological polar surface area (TPSA) is 54.6 Å². The second-order valence-corrected chi connectivity index (χ2v) is 7.98. The first-order valence-corrected chi connectivity index (χ1v) is 10.2. The minimum atomic E-state index is 0.0343. The molecule has 1 aromatic carbocycles. The third-order valence-corrected chi connectivity index (χ3v) is 6.37. The van der Waals surface area contributed by atoms with E-state index in [0.717, 1.165) is 48.4 Å². The number of hydrogen-bond acceptors (Lipinski definition) is 4. The normalized spacial score (nSPS) is 18.4. The van der Waals surface area contributed by atoms with Crippen molar-refractivity contribution in [3.8, 4) is 11.5 Å². The van der Waals surface area contributed by atoms with E-state index in [1.807, 2.05) is 12.1 Å². The van der Waals surface area contributed by atoms with Gasteiger partial charge >= 0.3 is 0 Å². The van der Waals surface area contributed by atoms with Gasteiger partial charge in [-0.2, -0.15) is 0 Å². The van der Waals surface area contributed by atoms with Crippen LogP contribution >= 0.6 is 0 Å². The number of pyridine rings is 1. The van der Waals surface area contributed by atoms with Gasteiger partial charge in [-0.15, -0.1) is 0 Å². The Labute approximate surface area is 160 Å². The number of nitrogens with zero attached hydrogens (tertiary/aromatic N) is 1. The summed E-state index contributed by atoms with van der Waals surface area (Å²) in [6.45, 7) is 2.88. The molecule has 1 fully saturated rings. The van der Waals surface area contributed by atoms with Crippen molar-refractivity contribution in [2.45, 2.75) is 51.5 Å². The Hall–Kier alpha value is -2.01. The number of aromatic amines is 1. The zero-order valence-corrected chi connectivity index (χ0v) is 16.5. The van der Waals surface area contributed by atoms with Crippen molar-refractivity contribution in [2.75, 3.05) is 27.3 Å². The first-order chi connectivity index (χ1) is 13.2. The van der Waals surface area contributed by atoms with Gasteiger partial charge in [0.1, 0.15) is 0 Å². The van der Waals surface area contributed by atoms with Gasteiger partial charge in [-0.05, 0) is 36.9 Å². The SMILES string of the molecule is COc1cc2[nH]c(=O)c3c(c2cc1OC)CCN(CCC1CCCCC1)C3. The summed E-state index contributed by atoms with van der Waals surface area (Å²) in [6.07, 6.45) is 9.15. The minimum absolute atomic E-state index is 0.0343. The van der Waals surface area contributed by atoms with Gasteiger partial charge in [-0.3, -0.25) is 9.69 Å². The summed E-state index contributed by atoms with van der Waals surface area (Å²) in [5.74, 6) is 2.23. The van der Waals surface area contributed by atoms with Crippen LogP contribution in [0.5, 0.6) is 11.5 Å². The second-order valence-electron chi connectivity index (χ2n) is 7.98. The monoisotopic (exact) mass is 370 g/mol. The lowest BCUT2D eigenvalue weighted by molar-refractivity contribution is 0.217. The highest BCUT2D eigenvalue weighted by Gasteiger charge is 2.23. The predicted octanol–water partition coefficient (Wildman–Crippen LogP) is 3.87. The molecule has 2 aliphatic rings. The molecule has 0 bridgehead atoms. The van der Waals surface area contributed by atoms with E-state index in [9.17, 15) is 4.79 Å². The van der Waals surface area contributed by atoms with E-state index in [2.05, 4.69) is 9.88 Å². The minimum Gasteiger partial charge on any atom is -0.493 e. The highest BCUT2D eigenvalue weighted by Crippen LogP contribution is 2.34. The van der Waals surface area contributed by atoms with E-state index in [1.54, 1.807) is 14.2 Å². The van der Waals surface area contributed by atoms with Gasteiger partial charge in [0.15, 0.2) is 11.5 Å². The fourth-order valence-corrected chi connectivity index (χ4v) is 4.79. The van der Waals surface area contributed by atoms with Crippen molar-refractivity contribution in [2.24, 2.45) is 5.92 Å². The molecule has 0 saturated heterocycles. The zero-order valence-electron chi connectivity index (χ0n) is 16.5. The molecule has 0 amide bonds. The summed E-state index contributed by atoms with van der Waals surface area (Å²) >= 11 is 0. The molecule has 0 spiro atoms. The lowest BCUT2D eigenvalue weighted by Gasteiger charge is -2.31. The van der Waals surface area contributed by atoms with Crippen LogP contribution in [0.1, 0.15) is 49.7 Å². The Morgan fingerprint density at radius 1 is 1.07 bits per heavy atom. The van der Waals surface area contributed by atoms with Crippen LogP contribution in [0, 0.1) is 5.92 Å². The fourth-order valence-electron chi connectivity index (χ4n) is 4.79. The molecule has 1 N–H and O–H groups in total. The molecule has 5 heteroatoms. The van der Waals surface area contributed by atoms with Gasteiger partial charge < -0.3 is 14.5 Å². The molecule has 27 heavy (non-hydrogen) atoms. The highest BCUT2D eigenvalue weighted by atomic mass is 16.5. The van der Waals surface area contributed by atoms with Crippen LogP contribution in [-0.2, 0) is 13.0 Å². The summed E-state index contributed by atoms with van der Waals surface area (Å²) in [5, 5.41) is 1.08. The lowest BCUT2D eigenvalue weighted by atomic mass is 9.86. The predicted molar refractivity (Wildman–Crippen MR) is 108 cm³/mol. The molecule has 4 rings (SSSR count). The van der Waals surface area contributed by atoms with Crippen LogP contribution in [0.15, 0.2) is 16.9 Å². The third-order valence-electron chi connectivity index (χ3n) is 6.37. The van der Waals surface area contributed by atoms with E-state index in [1.165, 1.54) is 44.1 Å². The van der Waals surface area contributed by atoms with Crippen LogP contribution in [0.3, 0.4) is 0 Å². The Bertz CT molecular complexity index is 868. The fraction of sp³-hybridized carbons (Fsp3) is 0.591.